The van der Waals surface area contributed by atoms with Crippen molar-refractivity contribution >= 4 is 38.1 Å². The predicted octanol–water partition coefficient (Wildman–Crippen LogP) is 2.08. The second-order valence-corrected chi connectivity index (χ2v) is 4.84. The second-order valence-electron chi connectivity index (χ2n) is 1.78. The minimum atomic E-state index is -0.0109. The van der Waals surface area contributed by atoms with Crippen LogP contribution in [0.4, 0.5) is 0 Å². The van der Waals surface area contributed by atoms with Crippen molar-refractivity contribution in [2.45, 2.75) is 3.74 Å². The van der Waals surface area contributed by atoms with Crippen LogP contribution in [0, 0.1) is 0 Å². The van der Waals surface area contributed by atoms with E-state index < -0.39 is 0 Å². The molecule has 0 saturated heterocycles. The maximum Gasteiger partial charge on any atom is 0.170 e. The molecule has 1 aromatic rings. The molecule has 0 saturated carbocycles. The summed E-state index contributed by atoms with van der Waals surface area (Å²) < 4.78 is -0.0109. The molecule has 0 aromatic carbocycles. The fourth-order valence-corrected chi connectivity index (χ4v) is 0.994. The van der Waals surface area contributed by atoms with E-state index in [0.717, 1.165) is 5.69 Å². The first kappa shape index (κ1) is 8.80. The molecule has 3 nitrogen and oxygen atoms in total. The van der Waals surface area contributed by atoms with Gasteiger partial charge in [-0.2, -0.15) is 0 Å². The van der Waals surface area contributed by atoms with E-state index in [0.29, 0.717) is 12.0 Å². The largest absolute Gasteiger partial charge is 0.296 e. The molecule has 0 spiro atoms. The summed E-state index contributed by atoms with van der Waals surface area (Å²) in [6.07, 6.45) is 3.63. The Balaban J connectivity index is 2.91. The highest BCUT2D eigenvalue weighted by atomic mass is 79.9. The summed E-state index contributed by atoms with van der Waals surface area (Å²) in [6.45, 7) is 0. The van der Waals surface area contributed by atoms with Gasteiger partial charge in [-0.1, -0.05) is 31.9 Å². The SMILES string of the molecule is O=Cc1cnc(C(Br)Br)cn1. The lowest BCUT2D eigenvalue weighted by Gasteiger charge is -1.98. The molecule has 11 heavy (non-hydrogen) atoms. The number of rotatable bonds is 2. The first-order valence-electron chi connectivity index (χ1n) is 2.79. The summed E-state index contributed by atoms with van der Waals surface area (Å²) >= 11 is 6.51. The van der Waals surface area contributed by atoms with Gasteiger partial charge in [-0.3, -0.25) is 9.78 Å². The van der Waals surface area contributed by atoms with Gasteiger partial charge in [-0.15, -0.1) is 0 Å². The van der Waals surface area contributed by atoms with Gasteiger partial charge in [0.15, 0.2) is 6.29 Å². The number of alkyl halides is 2. The van der Waals surface area contributed by atoms with E-state index in [1.807, 2.05) is 0 Å². The average Bonchev–Trinajstić information content (AvgIpc) is 2.05. The van der Waals surface area contributed by atoms with Crippen LogP contribution in [0.3, 0.4) is 0 Å². The van der Waals surface area contributed by atoms with Crippen LogP contribution in [0.25, 0.3) is 0 Å². The number of carbonyl (C=O) groups is 1. The zero-order valence-corrected chi connectivity index (χ0v) is 8.54. The molecule has 0 amide bonds. The van der Waals surface area contributed by atoms with Crippen molar-refractivity contribution in [1.82, 2.24) is 9.97 Å². The third-order valence-corrected chi connectivity index (χ3v) is 1.97. The highest BCUT2D eigenvalue weighted by Crippen LogP contribution is 2.26. The van der Waals surface area contributed by atoms with Crippen LogP contribution in [0.2, 0.25) is 0 Å². The van der Waals surface area contributed by atoms with Crippen molar-refractivity contribution in [1.29, 1.82) is 0 Å². The van der Waals surface area contributed by atoms with E-state index in [4.69, 9.17) is 0 Å². The first-order chi connectivity index (χ1) is 5.24. The van der Waals surface area contributed by atoms with Crippen LogP contribution in [0.1, 0.15) is 19.9 Å². The Bertz CT molecular complexity index is 247. The van der Waals surface area contributed by atoms with Crippen LogP contribution in [0.15, 0.2) is 12.4 Å². The number of halogens is 2. The van der Waals surface area contributed by atoms with E-state index in [1.54, 1.807) is 0 Å². The topological polar surface area (TPSA) is 42.9 Å². The molecule has 1 aromatic heterocycles. The summed E-state index contributed by atoms with van der Waals surface area (Å²) in [5.74, 6) is 0. The van der Waals surface area contributed by atoms with E-state index >= 15 is 0 Å². The van der Waals surface area contributed by atoms with Gasteiger partial charge in [0.05, 0.1) is 18.1 Å². The molecular weight excluding hydrogens is 276 g/mol. The number of hydrogen-bond acceptors (Lipinski definition) is 3. The molecule has 0 fully saturated rings. The van der Waals surface area contributed by atoms with Crippen LogP contribution in [-0.2, 0) is 0 Å². The van der Waals surface area contributed by atoms with Gasteiger partial charge < -0.3 is 0 Å². The zero-order chi connectivity index (χ0) is 8.27. The lowest BCUT2D eigenvalue weighted by Crippen LogP contribution is -1.92. The molecule has 1 rings (SSSR count). The molecule has 58 valence electrons. The predicted molar refractivity (Wildman–Crippen MR) is 48.0 cm³/mol. The molecular formula is C6H4Br2N2O. The van der Waals surface area contributed by atoms with Crippen molar-refractivity contribution in [3.8, 4) is 0 Å². The maximum atomic E-state index is 10.2. The summed E-state index contributed by atoms with van der Waals surface area (Å²) in [5.41, 5.74) is 1.09. The quantitative estimate of drug-likeness (QED) is 0.615. The Labute approximate surface area is 80.5 Å². The fraction of sp³-hybridized carbons (Fsp3) is 0.167. The summed E-state index contributed by atoms with van der Waals surface area (Å²) in [5, 5.41) is 0. The number of aldehydes is 1. The van der Waals surface area contributed by atoms with Gasteiger partial charge in [-0.05, 0) is 0 Å². The minimum Gasteiger partial charge on any atom is -0.296 e. The molecule has 1 heterocycles. The number of nitrogens with zero attached hydrogens (tertiary/aromatic N) is 2. The number of aromatic nitrogens is 2. The first-order valence-corrected chi connectivity index (χ1v) is 4.62. The zero-order valence-electron chi connectivity index (χ0n) is 5.37. The minimum absolute atomic E-state index is 0.0109. The molecule has 0 aliphatic heterocycles. The lowest BCUT2D eigenvalue weighted by molar-refractivity contribution is 0.111. The number of carbonyl (C=O) groups excluding carboxylic acids is 1. The molecule has 0 N–H and O–H groups in total. The molecule has 0 aliphatic carbocycles. The van der Waals surface area contributed by atoms with Gasteiger partial charge in [-0.25, -0.2) is 4.98 Å². The average molecular weight is 280 g/mol. The Kier molecular flexibility index (Phi) is 3.14. The van der Waals surface area contributed by atoms with Gasteiger partial charge >= 0.3 is 0 Å². The fourth-order valence-electron chi connectivity index (χ4n) is 0.522. The second kappa shape index (κ2) is 3.92. The molecule has 0 bridgehead atoms. The number of hydrogen-bond donors (Lipinski definition) is 0. The standard InChI is InChI=1S/C6H4Br2N2O/c7-6(8)5-2-9-4(3-11)1-10-5/h1-3,6H. The van der Waals surface area contributed by atoms with Crippen molar-refractivity contribution in [3.05, 3.63) is 23.8 Å². The van der Waals surface area contributed by atoms with Crippen molar-refractivity contribution in [3.63, 3.8) is 0 Å². The lowest BCUT2D eigenvalue weighted by atomic mass is 10.4. The van der Waals surface area contributed by atoms with Crippen LogP contribution in [0.5, 0.6) is 0 Å². The van der Waals surface area contributed by atoms with Gasteiger partial charge in [0, 0.05) is 0 Å². The Morgan fingerprint density at radius 2 is 2.09 bits per heavy atom. The summed E-state index contributed by atoms with van der Waals surface area (Å²) in [4.78, 5) is 18.0. The normalized spacial score (nSPS) is 10.1. The van der Waals surface area contributed by atoms with Crippen molar-refractivity contribution in [2.75, 3.05) is 0 Å². The third kappa shape index (κ3) is 2.34. The smallest absolute Gasteiger partial charge is 0.170 e. The van der Waals surface area contributed by atoms with Crippen molar-refractivity contribution < 1.29 is 4.79 Å². The van der Waals surface area contributed by atoms with Crippen LogP contribution >= 0.6 is 31.9 Å². The maximum absolute atomic E-state index is 10.2. The molecule has 0 radical (unpaired) electrons. The van der Waals surface area contributed by atoms with E-state index in [2.05, 4.69) is 41.8 Å². The van der Waals surface area contributed by atoms with E-state index in [1.165, 1.54) is 12.4 Å². The van der Waals surface area contributed by atoms with Gasteiger partial charge in [0.2, 0.25) is 0 Å². The van der Waals surface area contributed by atoms with E-state index in [9.17, 15) is 4.79 Å². The Morgan fingerprint density at radius 3 is 2.45 bits per heavy atom. The third-order valence-electron chi connectivity index (χ3n) is 1.04. The van der Waals surface area contributed by atoms with Crippen LogP contribution in [-0.4, -0.2) is 16.3 Å². The summed E-state index contributed by atoms with van der Waals surface area (Å²) in [6, 6.07) is 0. The van der Waals surface area contributed by atoms with Crippen LogP contribution < -0.4 is 0 Å². The molecule has 0 atom stereocenters. The van der Waals surface area contributed by atoms with Gasteiger partial charge in [0.25, 0.3) is 0 Å². The Morgan fingerprint density at radius 1 is 1.36 bits per heavy atom. The van der Waals surface area contributed by atoms with E-state index in [-0.39, 0.29) is 3.74 Å². The summed E-state index contributed by atoms with van der Waals surface area (Å²) in [7, 11) is 0. The molecule has 5 heteroatoms. The highest BCUT2D eigenvalue weighted by molar-refractivity contribution is 9.24. The Hall–Kier alpha value is -0.290. The monoisotopic (exact) mass is 278 g/mol. The van der Waals surface area contributed by atoms with Gasteiger partial charge in [0.1, 0.15) is 9.43 Å². The van der Waals surface area contributed by atoms with Crippen molar-refractivity contribution in [2.24, 2.45) is 0 Å². The molecule has 0 unspecified atom stereocenters. The highest BCUT2D eigenvalue weighted by Gasteiger charge is 2.03. The molecule has 0 aliphatic rings.